The Bertz CT molecular complexity index is 4480. The number of hydrogen-bond donors (Lipinski definition) is 0. The van der Waals surface area contributed by atoms with E-state index < -0.39 is 0 Å². The van der Waals surface area contributed by atoms with Crippen LogP contribution in [0.3, 0.4) is 0 Å². The summed E-state index contributed by atoms with van der Waals surface area (Å²) < 4.78 is 12.9. The van der Waals surface area contributed by atoms with Crippen LogP contribution < -0.4 is 5.46 Å². The summed E-state index contributed by atoms with van der Waals surface area (Å²) in [5.41, 5.74) is 8.29. The number of nitrogens with zero attached hydrogens (tertiary/aromatic N) is 8. The Balaban J connectivity index is 0.000000130. The molecule has 1 fully saturated rings. The molecule has 15 rings (SSSR count). The van der Waals surface area contributed by atoms with Gasteiger partial charge >= 0.3 is 7.12 Å². The highest BCUT2D eigenvalue weighted by Crippen LogP contribution is 2.44. The molecule has 10 aromatic carbocycles. The summed E-state index contributed by atoms with van der Waals surface area (Å²) in [7, 11) is -0.302. The van der Waals surface area contributed by atoms with Crippen LogP contribution in [0, 0.1) is 0 Å². The molecule has 1 aliphatic rings. The van der Waals surface area contributed by atoms with Crippen molar-refractivity contribution in [3.05, 3.63) is 272 Å². The maximum absolute atomic E-state index is 5.89. The maximum atomic E-state index is 5.89. The van der Waals surface area contributed by atoms with Crippen molar-refractivity contribution in [3.63, 3.8) is 0 Å². The zero-order chi connectivity index (χ0) is 58.6. The van der Waals surface area contributed by atoms with E-state index in [1.807, 2.05) is 179 Å². The van der Waals surface area contributed by atoms with Crippen molar-refractivity contribution in [2.45, 2.75) is 38.9 Å². The summed E-state index contributed by atoms with van der Waals surface area (Å²) in [6, 6.07) is 83.9. The van der Waals surface area contributed by atoms with E-state index in [1.54, 1.807) is 12.4 Å². The molecule has 10 nitrogen and oxygen atoms in total. The van der Waals surface area contributed by atoms with Crippen molar-refractivity contribution in [2.75, 3.05) is 0 Å². The van der Waals surface area contributed by atoms with Gasteiger partial charge in [0, 0.05) is 67.5 Å². The highest BCUT2D eigenvalue weighted by atomic mass is 79.9. The fraction of sp³-hybridized carbons (Fsp3) is 0.0811. The van der Waals surface area contributed by atoms with Crippen molar-refractivity contribution < 1.29 is 9.31 Å². The standard InChI is InChI=1S/C34H22N4.C29H18BrN3.C11H16BNO2/c1-3-13-23(14-4-1)32-36-33(24-15-5-2-6-16-24)38-34(37-32)31-27-19-9-7-17-25(27)30(29-21-11-12-22-35-29)26-18-8-10-20-28(26)31;30-26-23-17-9-7-15-21(23)25(22-16-8-10-18-24(22)26)29-32-27(19-11-3-1-4-12-19)31-28(33-29)20-13-5-2-6-14-20;1-10(2)11(3,4)15-12(14-10)9-6-5-7-13-8-9/h1-22H;1-18H;5-8H,1-4H3. The molecule has 0 spiro atoms. The van der Waals surface area contributed by atoms with Crippen molar-refractivity contribution in [1.29, 1.82) is 0 Å². The van der Waals surface area contributed by atoms with Crippen LogP contribution in [0.5, 0.6) is 0 Å². The molecule has 0 radical (unpaired) electrons. The van der Waals surface area contributed by atoms with Gasteiger partial charge in [-0.2, -0.15) is 0 Å². The molecule has 414 valence electrons. The van der Waals surface area contributed by atoms with Crippen LogP contribution in [0.2, 0.25) is 0 Å². The average molecular weight is 1180 g/mol. The van der Waals surface area contributed by atoms with Crippen LogP contribution >= 0.6 is 15.9 Å². The number of hydrogen-bond acceptors (Lipinski definition) is 10. The first-order valence-corrected chi connectivity index (χ1v) is 29.3. The lowest BCUT2D eigenvalue weighted by molar-refractivity contribution is 0.00578. The smallest absolute Gasteiger partial charge is 0.399 e. The van der Waals surface area contributed by atoms with Gasteiger partial charge in [-0.25, -0.2) is 29.9 Å². The zero-order valence-electron chi connectivity index (χ0n) is 47.8. The number of aromatic nitrogens is 8. The van der Waals surface area contributed by atoms with E-state index in [0.29, 0.717) is 34.9 Å². The maximum Gasteiger partial charge on any atom is 0.496 e. The number of pyridine rings is 2. The number of benzene rings is 10. The first-order chi connectivity index (χ1) is 42.1. The largest absolute Gasteiger partial charge is 0.496 e. The Labute approximate surface area is 508 Å². The molecule has 1 saturated heterocycles. The van der Waals surface area contributed by atoms with Crippen molar-refractivity contribution in [1.82, 2.24) is 39.9 Å². The Kier molecular flexibility index (Phi) is 15.4. The Morgan fingerprint density at radius 3 is 0.965 bits per heavy atom. The van der Waals surface area contributed by atoms with E-state index in [4.69, 9.17) is 44.2 Å². The summed E-state index contributed by atoms with van der Waals surface area (Å²) in [6.45, 7) is 8.18. The van der Waals surface area contributed by atoms with Gasteiger partial charge in [-0.15, -0.1) is 0 Å². The molecule has 0 aliphatic carbocycles. The molecule has 0 N–H and O–H groups in total. The highest BCUT2D eigenvalue weighted by Gasteiger charge is 2.51. The Morgan fingerprint density at radius 1 is 0.314 bits per heavy atom. The van der Waals surface area contributed by atoms with E-state index >= 15 is 0 Å². The first kappa shape index (κ1) is 55.2. The third-order valence-electron chi connectivity index (χ3n) is 15.8. The predicted molar refractivity (Wildman–Crippen MR) is 353 cm³/mol. The summed E-state index contributed by atoms with van der Waals surface area (Å²) >= 11 is 3.84. The molecule has 0 unspecified atom stereocenters. The van der Waals surface area contributed by atoms with E-state index in [0.717, 1.165) is 97.7 Å². The molecule has 4 aromatic heterocycles. The van der Waals surface area contributed by atoms with Gasteiger partial charge in [0.15, 0.2) is 34.9 Å². The van der Waals surface area contributed by atoms with E-state index in [1.165, 1.54) is 0 Å². The molecule has 1 aliphatic heterocycles. The normalized spacial score (nSPS) is 13.2. The minimum Gasteiger partial charge on any atom is -0.399 e. The number of rotatable bonds is 8. The lowest BCUT2D eigenvalue weighted by Gasteiger charge is -2.32. The lowest BCUT2D eigenvalue weighted by Crippen LogP contribution is -2.41. The molecular formula is C74H56BBrN8O2. The van der Waals surface area contributed by atoms with Gasteiger partial charge in [0.1, 0.15) is 0 Å². The van der Waals surface area contributed by atoms with Crippen LogP contribution in [0.25, 0.3) is 123 Å². The van der Waals surface area contributed by atoms with E-state index in [9.17, 15) is 0 Å². The summed E-state index contributed by atoms with van der Waals surface area (Å²) in [6.07, 6.45) is 5.37. The second kappa shape index (κ2) is 23.9. The van der Waals surface area contributed by atoms with Gasteiger partial charge in [-0.05, 0) is 105 Å². The Hall–Kier alpha value is -9.98. The first-order valence-electron chi connectivity index (χ1n) is 28.5. The van der Waals surface area contributed by atoms with Gasteiger partial charge in [0.05, 0.1) is 16.9 Å². The minimum atomic E-state index is -0.302. The van der Waals surface area contributed by atoms with Gasteiger partial charge in [-0.1, -0.05) is 231 Å². The predicted octanol–water partition coefficient (Wildman–Crippen LogP) is 17.6. The van der Waals surface area contributed by atoms with Crippen molar-refractivity contribution >= 4 is 71.6 Å². The number of fused-ring (bicyclic) bond motifs is 4. The summed E-state index contributed by atoms with van der Waals surface area (Å²) in [5, 5.41) is 8.86. The zero-order valence-corrected chi connectivity index (χ0v) is 49.3. The average Bonchev–Trinajstić information content (AvgIpc) is 1.49. The van der Waals surface area contributed by atoms with E-state index in [2.05, 4.69) is 124 Å². The molecule has 12 heteroatoms. The second-order valence-corrected chi connectivity index (χ2v) is 22.6. The van der Waals surface area contributed by atoms with Crippen LogP contribution in [-0.4, -0.2) is 58.2 Å². The third-order valence-corrected chi connectivity index (χ3v) is 16.6. The second-order valence-electron chi connectivity index (χ2n) is 21.8. The van der Waals surface area contributed by atoms with Crippen LogP contribution in [0.15, 0.2) is 272 Å². The van der Waals surface area contributed by atoms with Crippen LogP contribution in [-0.2, 0) is 9.31 Å². The Morgan fingerprint density at radius 2 is 0.628 bits per heavy atom. The van der Waals surface area contributed by atoms with Gasteiger partial charge in [0.2, 0.25) is 0 Å². The van der Waals surface area contributed by atoms with Gasteiger partial charge in [0.25, 0.3) is 0 Å². The van der Waals surface area contributed by atoms with Crippen molar-refractivity contribution in [3.8, 4) is 79.6 Å². The molecule has 86 heavy (non-hydrogen) atoms. The van der Waals surface area contributed by atoms with Crippen molar-refractivity contribution in [2.24, 2.45) is 0 Å². The fourth-order valence-electron chi connectivity index (χ4n) is 10.8. The molecule has 5 heterocycles. The van der Waals surface area contributed by atoms with Crippen LogP contribution in [0.4, 0.5) is 0 Å². The molecule has 0 amide bonds. The summed E-state index contributed by atoms with van der Waals surface area (Å²) in [4.78, 5) is 38.6. The fourth-order valence-corrected chi connectivity index (χ4v) is 11.5. The van der Waals surface area contributed by atoms with E-state index in [-0.39, 0.29) is 18.3 Å². The molecular weight excluding hydrogens is 1120 g/mol. The molecule has 0 saturated carbocycles. The molecule has 0 atom stereocenters. The third kappa shape index (κ3) is 11.0. The summed E-state index contributed by atoms with van der Waals surface area (Å²) in [5.74, 6) is 3.94. The quantitative estimate of drug-likeness (QED) is 0.107. The topological polar surface area (TPSA) is 122 Å². The minimum absolute atomic E-state index is 0.284. The van der Waals surface area contributed by atoms with Gasteiger partial charge < -0.3 is 9.31 Å². The lowest BCUT2D eigenvalue weighted by atomic mass is 9.80. The molecule has 14 aromatic rings. The number of halogens is 1. The molecule has 0 bridgehead atoms. The highest BCUT2D eigenvalue weighted by molar-refractivity contribution is 9.10. The van der Waals surface area contributed by atoms with Crippen LogP contribution in [0.1, 0.15) is 27.7 Å². The van der Waals surface area contributed by atoms with Gasteiger partial charge in [-0.3, -0.25) is 9.97 Å². The monoisotopic (exact) mass is 1180 g/mol. The SMILES string of the molecule is Brc1c2ccccc2c(-c2nc(-c3ccccc3)nc(-c3ccccc3)n2)c2ccccc12.CC1(C)OB(c2cccnc2)OC1(C)C.c1ccc(-c2nc(-c3ccccc3)nc(-c3c4ccccc4c(-c4ccccn4)c4ccccc34)n2)cc1.